The third-order valence-corrected chi connectivity index (χ3v) is 4.07. The Hall–Kier alpha value is -1.62. The predicted octanol–water partition coefficient (Wildman–Crippen LogP) is 2.28. The van der Waals surface area contributed by atoms with Crippen LogP contribution in [0.15, 0.2) is 6.07 Å². The van der Waals surface area contributed by atoms with Gasteiger partial charge in [0.15, 0.2) is 5.65 Å². The molecule has 2 aromatic rings. The van der Waals surface area contributed by atoms with E-state index in [0.717, 1.165) is 43.0 Å². The first kappa shape index (κ1) is 14.3. The maximum atomic E-state index is 5.60. The summed E-state index contributed by atoms with van der Waals surface area (Å²) in [4.78, 5) is 4.81. The molecule has 0 radical (unpaired) electrons. The lowest BCUT2D eigenvalue weighted by molar-refractivity contribution is 0.563. The minimum absolute atomic E-state index is 0.0344. The largest absolute Gasteiger partial charge is 0.370 e. The molecule has 0 saturated carbocycles. The minimum atomic E-state index is 0.0344. The Labute approximate surface area is 125 Å². The standard InChI is InChI=1S/C16H25N5/c1-16(2,3)13-10-14-19-12-7-4-6-11(12)15(21(14)20-13)18-9-5-8-17/h10,18H,4-9,17H2,1-3H3. The first-order valence-electron chi connectivity index (χ1n) is 7.86. The van der Waals surface area contributed by atoms with Crippen LogP contribution in [0.5, 0.6) is 0 Å². The average molecular weight is 287 g/mol. The summed E-state index contributed by atoms with van der Waals surface area (Å²) in [6, 6.07) is 2.12. The molecule has 5 heteroatoms. The van der Waals surface area contributed by atoms with Gasteiger partial charge < -0.3 is 11.1 Å². The summed E-state index contributed by atoms with van der Waals surface area (Å²) in [6.07, 6.45) is 4.32. The van der Waals surface area contributed by atoms with Gasteiger partial charge in [0.1, 0.15) is 5.82 Å². The Morgan fingerprint density at radius 3 is 2.86 bits per heavy atom. The number of nitrogens with two attached hydrogens (primary N) is 1. The van der Waals surface area contributed by atoms with Crippen molar-refractivity contribution in [3.63, 3.8) is 0 Å². The Balaban J connectivity index is 2.09. The fourth-order valence-corrected chi connectivity index (χ4v) is 2.84. The first-order chi connectivity index (χ1) is 10.0. The highest BCUT2D eigenvalue weighted by Gasteiger charge is 2.24. The van der Waals surface area contributed by atoms with Crippen LogP contribution < -0.4 is 11.1 Å². The number of nitrogens with one attached hydrogen (secondary N) is 1. The lowest BCUT2D eigenvalue weighted by atomic mass is 9.93. The van der Waals surface area contributed by atoms with Crippen LogP contribution in [-0.4, -0.2) is 27.7 Å². The molecule has 0 aromatic carbocycles. The predicted molar refractivity (Wildman–Crippen MR) is 85.9 cm³/mol. The second-order valence-electron chi connectivity index (χ2n) is 6.86. The Morgan fingerprint density at radius 2 is 2.14 bits per heavy atom. The van der Waals surface area contributed by atoms with E-state index in [1.807, 2.05) is 4.52 Å². The highest BCUT2D eigenvalue weighted by Crippen LogP contribution is 2.30. The normalized spacial score (nSPS) is 14.7. The van der Waals surface area contributed by atoms with E-state index in [-0.39, 0.29) is 5.41 Å². The summed E-state index contributed by atoms with van der Waals surface area (Å²) in [5.74, 6) is 1.12. The zero-order valence-electron chi connectivity index (χ0n) is 13.2. The molecule has 2 heterocycles. The van der Waals surface area contributed by atoms with E-state index in [1.54, 1.807) is 0 Å². The third kappa shape index (κ3) is 2.62. The Bertz CT molecular complexity index is 651. The summed E-state index contributed by atoms with van der Waals surface area (Å²) < 4.78 is 1.99. The monoisotopic (exact) mass is 287 g/mol. The SMILES string of the molecule is CC(C)(C)c1cc2nc3c(c(NCCCN)n2n1)CCC3. The van der Waals surface area contributed by atoms with Crippen LogP contribution in [0.25, 0.3) is 5.65 Å². The lowest BCUT2D eigenvalue weighted by Gasteiger charge is -2.14. The van der Waals surface area contributed by atoms with E-state index in [2.05, 4.69) is 32.2 Å². The van der Waals surface area contributed by atoms with Crippen LogP contribution in [0, 0.1) is 0 Å². The van der Waals surface area contributed by atoms with Crippen molar-refractivity contribution in [2.75, 3.05) is 18.4 Å². The van der Waals surface area contributed by atoms with Crippen molar-refractivity contribution in [1.82, 2.24) is 14.6 Å². The molecule has 2 aromatic heterocycles. The summed E-state index contributed by atoms with van der Waals surface area (Å²) in [6.45, 7) is 8.14. The molecule has 0 atom stereocenters. The number of aromatic nitrogens is 3. The number of aryl methyl sites for hydroxylation is 1. The summed E-state index contributed by atoms with van der Waals surface area (Å²) in [7, 11) is 0. The van der Waals surface area contributed by atoms with Crippen LogP contribution in [-0.2, 0) is 18.3 Å². The summed E-state index contributed by atoms with van der Waals surface area (Å²) in [5, 5.41) is 8.33. The molecule has 5 nitrogen and oxygen atoms in total. The fourth-order valence-electron chi connectivity index (χ4n) is 2.84. The van der Waals surface area contributed by atoms with E-state index < -0.39 is 0 Å². The van der Waals surface area contributed by atoms with Gasteiger partial charge in [-0.1, -0.05) is 20.8 Å². The number of anilines is 1. The van der Waals surface area contributed by atoms with E-state index in [1.165, 1.54) is 17.7 Å². The van der Waals surface area contributed by atoms with Crippen molar-refractivity contribution in [2.24, 2.45) is 5.73 Å². The zero-order valence-corrected chi connectivity index (χ0v) is 13.2. The number of hydrogen-bond acceptors (Lipinski definition) is 4. The Kier molecular flexibility index (Phi) is 3.61. The van der Waals surface area contributed by atoms with E-state index in [4.69, 9.17) is 15.8 Å². The average Bonchev–Trinajstić information content (AvgIpc) is 3.03. The molecule has 0 saturated heterocycles. The molecule has 0 aliphatic heterocycles. The highest BCUT2D eigenvalue weighted by atomic mass is 15.3. The first-order valence-corrected chi connectivity index (χ1v) is 7.86. The number of rotatable bonds is 4. The van der Waals surface area contributed by atoms with Crippen molar-refractivity contribution in [3.05, 3.63) is 23.0 Å². The van der Waals surface area contributed by atoms with Crippen LogP contribution >= 0.6 is 0 Å². The van der Waals surface area contributed by atoms with Crippen LogP contribution in [0.2, 0.25) is 0 Å². The molecule has 3 N–H and O–H groups in total. The van der Waals surface area contributed by atoms with Crippen molar-refractivity contribution >= 4 is 11.5 Å². The molecule has 1 aliphatic rings. The second-order valence-corrected chi connectivity index (χ2v) is 6.86. The molecule has 114 valence electrons. The number of hydrogen-bond donors (Lipinski definition) is 2. The molecule has 0 spiro atoms. The number of nitrogens with zero attached hydrogens (tertiary/aromatic N) is 3. The molecule has 3 rings (SSSR count). The van der Waals surface area contributed by atoms with Gasteiger partial charge in [-0.15, -0.1) is 0 Å². The third-order valence-electron chi connectivity index (χ3n) is 4.07. The molecule has 0 unspecified atom stereocenters. The van der Waals surface area contributed by atoms with Crippen LogP contribution in [0.1, 0.15) is 50.6 Å². The molecule has 0 fully saturated rings. The highest BCUT2D eigenvalue weighted by molar-refractivity contribution is 5.58. The van der Waals surface area contributed by atoms with Gasteiger partial charge in [-0.3, -0.25) is 0 Å². The van der Waals surface area contributed by atoms with Gasteiger partial charge in [0, 0.05) is 29.3 Å². The minimum Gasteiger partial charge on any atom is -0.370 e. The topological polar surface area (TPSA) is 68.2 Å². The molecule has 21 heavy (non-hydrogen) atoms. The molecule has 0 bridgehead atoms. The van der Waals surface area contributed by atoms with Gasteiger partial charge >= 0.3 is 0 Å². The molecule has 0 amide bonds. The van der Waals surface area contributed by atoms with Crippen LogP contribution in [0.3, 0.4) is 0 Å². The lowest BCUT2D eigenvalue weighted by Crippen LogP contribution is -2.15. The van der Waals surface area contributed by atoms with Crippen LogP contribution in [0.4, 0.5) is 5.82 Å². The van der Waals surface area contributed by atoms with Gasteiger partial charge in [-0.2, -0.15) is 9.61 Å². The van der Waals surface area contributed by atoms with Gasteiger partial charge in [0.05, 0.1) is 5.69 Å². The fraction of sp³-hybridized carbons (Fsp3) is 0.625. The van der Waals surface area contributed by atoms with E-state index in [0.29, 0.717) is 6.54 Å². The van der Waals surface area contributed by atoms with Crippen molar-refractivity contribution < 1.29 is 0 Å². The van der Waals surface area contributed by atoms with Gasteiger partial charge in [0.25, 0.3) is 0 Å². The molecular weight excluding hydrogens is 262 g/mol. The summed E-state index contributed by atoms with van der Waals surface area (Å²) in [5.41, 5.74) is 10.2. The van der Waals surface area contributed by atoms with E-state index in [9.17, 15) is 0 Å². The Morgan fingerprint density at radius 1 is 1.33 bits per heavy atom. The summed E-state index contributed by atoms with van der Waals surface area (Å²) >= 11 is 0. The van der Waals surface area contributed by atoms with Gasteiger partial charge in [-0.25, -0.2) is 4.98 Å². The quantitative estimate of drug-likeness (QED) is 0.847. The van der Waals surface area contributed by atoms with Crippen molar-refractivity contribution in [3.8, 4) is 0 Å². The maximum absolute atomic E-state index is 5.60. The molecule has 1 aliphatic carbocycles. The second kappa shape index (κ2) is 5.30. The van der Waals surface area contributed by atoms with Crippen molar-refractivity contribution in [1.29, 1.82) is 0 Å². The van der Waals surface area contributed by atoms with E-state index >= 15 is 0 Å². The maximum Gasteiger partial charge on any atom is 0.157 e. The van der Waals surface area contributed by atoms with Gasteiger partial charge in [0.2, 0.25) is 0 Å². The van der Waals surface area contributed by atoms with Crippen molar-refractivity contribution in [2.45, 2.75) is 51.9 Å². The number of fused-ring (bicyclic) bond motifs is 2. The zero-order chi connectivity index (χ0) is 15.0. The molecular formula is C16H25N5. The smallest absolute Gasteiger partial charge is 0.157 e. The van der Waals surface area contributed by atoms with Gasteiger partial charge in [-0.05, 0) is 32.2 Å².